The molecule has 0 aliphatic heterocycles. The maximum Gasteiger partial charge on any atom is 0.119 e. The summed E-state index contributed by atoms with van der Waals surface area (Å²) >= 11 is 0. The molecular weight excluding hydrogens is 334 g/mol. The second-order valence-corrected chi connectivity index (χ2v) is 6.66. The van der Waals surface area contributed by atoms with Gasteiger partial charge in [-0.05, 0) is 62.1 Å². The van der Waals surface area contributed by atoms with Crippen LogP contribution in [0.15, 0.2) is 61.2 Å². The third-order valence-corrected chi connectivity index (χ3v) is 4.46. The van der Waals surface area contributed by atoms with Crippen molar-refractivity contribution in [3.8, 4) is 5.75 Å². The minimum Gasteiger partial charge on any atom is -0.497 e. The molecule has 2 N–H and O–H groups in total. The molecule has 0 bridgehead atoms. The van der Waals surface area contributed by atoms with Crippen LogP contribution < -0.4 is 10.1 Å². The zero-order valence-corrected chi connectivity index (χ0v) is 17.2. The Hall–Kier alpha value is -2.10. The van der Waals surface area contributed by atoms with E-state index < -0.39 is 6.10 Å². The Kier molecular flexibility index (Phi) is 11.2. The predicted molar refractivity (Wildman–Crippen MR) is 117 cm³/mol. The minimum atomic E-state index is -0.620. The Morgan fingerprint density at radius 3 is 2.67 bits per heavy atom. The molecule has 0 heterocycles. The first-order valence-corrected chi connectivity index (χ1v) is 9.75. The molecule has 0 radical (unpaired) electrons. The Labute approximate surface area is 165 Å². The van der Waals surface area contributed by atoms with Crippen molar-refractivity contribution in [3.05, 3.63) is 72.4 Å². The van der Waals surface area contributed by atoms with Crippen LogP contribution in [0.4, 0.5) is 0 Å². The number of rotatable bonds is 12. The summed E-state index contributed by atoms with van der Waals surface area (Å²) in [6, 6.07) is 5.91. The standard InChI is InChI=1S/C24H35NO2/c1-6-8-10-12-14-22(23-18-21(27-5)16-15-19(23)3)24(26)20(4)25-17-13-11-9-7-2/h7,9-12,14-16,18,20,24-26H,2,6,8,13,17H2,1,3-5H3/b11-9+,12-10+,22-14+. The Balaban J connectivity index is 3.03. The summed E-state index contributed by atoms with van der Waals surface area (Å²) in [5.41, 5.74) is 3.04. The average Bonchev–Trinajstić information content (AvgIpc) is 2.68. The van der Waals surface area contributed by atoms with Gasteiger partial charge in [0.25, 0.3) is 0 Å². The fourth-order valence-electron chi connectivity index (χ4n) is 2.79. The van der Waals surface area contributed by atoms with Crippen molar-refractivity contribution >= 4 is 5.57 Å². The average molecular weight is 370 g/mol. The van der Waals surface area contributed by atoms with E-state index in [0.29, 0.717) is 0 Å². The summed E-state index contributed by atoms with van der Waals surface area (Å²) in [4.78, 5) is 0. The molecule has 1 aromatic carbocycles. The number of aliphatic hydroxyl groups is 1. The maximum atomic E-state index is 11.0. The van der Waals surface area contributed by atoms with Gasteiger partial charge in [0, 0.05) is 6.04 Å². The number of aliphatic hydroxyl groups excluding tert-OH is 1. The van der Waals surface area contributed by atoms with E-state index in [-0.39, 0.29) is 6.04 Å². The highest BCUT2D eigenvalue weighted by Crippen LogP contribution is 2.28. The van der Waals surface area contributed by atoms with Crippen LogP contribution in [0, 0.1) is 6.92 Å². The molecule has 1 rings (SSSR count). The van der Waals surface area contributed by atoms with Gasteiger partial charge in [0.2, 0.25) is 0 Å². The summed E-state index contributed by atoms with van der Waals surface area (Å²) < 4.78 is 5.39. The van der Waals surface area contributed by atoms with Gasteiger partial charge < -0.3 is 15.2 Å². The van der Waals surface area contributed by atoms with Crippen molar-refractivity contribution in [1.82, 2.24) is 5.32 Å². The van der Waals surface area contributed by atoms with Crippen LogP contribution in [0.2, 0.25) is 0 Å². The van der Waals surface area contributed by atoms with Gasteiger partial charge in [-0.2, -0.15) is 0 Å². The van der Waals surface area contributed by atoms with Gasteiger partial charge in [-0.3, -0.25) is 0 Å². The van der Waals surface area contributed by atoms with E-state index in [4.69, 9.17) is 4.74 Å². The molecule has 1 aromatic rings. The zero-order valence-electron chi connectivity index (χ0n) is 17.2. The number of methoxy groups -OCH3 is 1. The molecule has 2 atom stereocenters. The van der Waals surface area contributed by atoms with Crippen molar-refractivity contribution in [3.63, 3.8) is 0 Å². The molecular formula is C24H35NO2. The SMILES string of the molecule is C=C/C=C/CCNC(C)C(O)/C(=C/C=C/CCC)c1cc(OC)ccc1C. The third-order valence-electron chi connectivity index (χ3n) is 4.46. The van der Waals surface area contributed by atoms with E-state index in [1.54, 1.807) is 13.2 Å². The highest BCUT2D eigenvalue weighted by molar-refractivity contribution is 5.74. The molecule has 0 aliphatic rings. The summed E-state index contributed by atoms with van der Waals surface area (Å²) in [6.45, 7) is 10.7. The van der Waals surface area contributed by atoms with Crippen LogP contribution in [0.3, 0.4) is 0 Å². The number of hydrogen-bond acceptors (Lipinski definition) is 3. The Morgan fingerprint density at radius 1 is 1.26 bits per heavy atom. The number of allylic oxidation sites excluding steroid dienone is 5. The van der Waals surface area contributed by atoms with Crippen LogP contribution in [-0.4, -0.2) is 30.9 Å². The molecule has 0 aliphatic carbocycles. The normalized spacial score (nSPS) is 14.6. The molecule has 27 heavy (non-hydrogen) atoms. The number of unbranched alkanes of at least 4 members (excludes halogenated alkanes) is 1. The lowest BCUT2D eigenvalue weighted by Gasteiger charge is -2.24. The van der Waals surface area contributed by atoms with Crippen LogP contribution in [0.5, 0.6) is 5.75 Å². The predicted octanol–water partition coefficient (Wildman–Crippen LogP) is 5.21. The molecule has 3 nitrogen and oxygen atoms in total. The number of aryl methyl sites for hydroxylation is 1. The van der Waals surface area contributed by atoms with E-state index in [2.05, 4.69) is 37.9 Å². The number of benzene rings is 1. The summed E-state index contributed by atoms with van der Waals surface area (Å²) in [5.74, 6) is 0.793. The van der Waals surface area contributed by atoms with Crippen molar-refractivity contribution < 1.29 is 9.84 Å². The van der Waals surface area contributed by atoms with E-state index >= 15 is 0 Å². The molecule has 3 heteroatoms. The van der Waals surface area contributed by atoms with Gasteiger partial charge in [-0.15, -0.1) is 0 Å². The van der Waals surface area contributed by atoms with Crippen LogP contribution in [-0.2, 0) is 0 Å². The minimum absolute atomic E-state index is 0.0708. The van der Waals surface area contributed by atoms with Gasteiger partial charge in [-0.25, -0.2) is 0 Å². The van der Waals surface area contributed by atoms with Gasteiger partial charge in [0.15, 0.2) is 0 Å². The Morgan fingerprint density at radius 2 is 2.00 bits per heavy atom. The topological polar surface area (TPSA) is 41.5 Å². The molecule has 0 aromatic heterocycles. The van der Waals surface area contributed by atoms with Gasteiger partial charge in [0.05, 0.1) is 13.2 Å². The summed E-state index contributed by atoms with van der Waals surface area (Å²) in [6.07, 6.45) is 14.4. The van der Waals surface area contributed by atoms with E-state index in [1.165, 1.54) is 0 Å². The Bertz CT molecular complexity index is 658. The van der Waals surface area contributed by atoms with Crippen LogP contribution >= 0.6 is 0 Å². The fraction of sp³-hybridized carbons (Fsp3) is 0.417. The number of ether oxygens (including phenoxy) is 1. The molecule has 0 saturated heterocycles. The second kappa shape index (κ2) is 13.1. The highest BCUT2D eigenvalue weighted by Gasteiger charge is 2.21. The molecule has 0 spiro atoms. The lowest BCUT2D eigenvalue weighted by Crippen LogP contribution is -2.38. The second-order valence-electron chi connectivity index (χ2n) is 6.66. The monoisotopic (exact) mass is 369 g/mol. The fourth-order valence-corrected chi connectivity index (χ4v) is 2.79. The van der Waals surface area contributed by atoms with Gasteiger partial charge in [-0.1, -0.05) is 62.4 Å². The molecule has 2 unspecified atom stereocenters. The molecule has 148 valence electrons. The smallest absolute Gasteiger partial charge is 0.119 e. The zero-order chi connectivity index (χ0) is 20.1. The largest absolute Gasteiger partial charge is 0.497 e. The number of nitrogens with one attached hydrogen (secondary N) is 1. The van der Waals surface area contributed by atoms with Gasteiger partial charge >= 0.3 is 0 Å². The van der Waals surface area contributed by atoms with Crippen molar-refractivity contribution in [1.29, 1.82) is 0 Å². The maximum absolute atomic E-state index is 11.0. The highest BCUT2D eigenvalue weighted by atomic mass is 16.5. The molecule has 0 amide bonds. The van der Waals surface area contributed by atoms with Gasteiger partial charge in [0.1, 0.15) is 5.75 Å². The first-order valence-electron chi connectivity index (χ1n) is 9.75. The third kappa shape index (κ3) is 7.98. The quantitative estimate of drug-likeness (QED) is 0.392. The van der Waals surface area contributed by atoms with E-state index in [9.17, 15) is 5.11 Å². The van der Waals surface area contributed by atoms with E-state index in [1.807, 2.05) is 43.4 Å². The number of hydrogen-bond donors (Lipinski definition) is 2. The van der Waals surface area contributed by atoms with Crippen molar-refractivity contribution in [2.24, 2.45) is 0 Å². The van der Waals surface area contributed by atoms with Crippen LogP contribution in [0.1, 0.15) is 44.2 Å². The van der Waals surface area contributed by atoms with Crippen molar-refractivity contribution in [2.75, 3.05) is 13.7 Å². The summed E-state index contributed by atoms with van der Waals surface area (Å²) in [5, 5.41) is 14.4. The summed E-state index contributed by atoms with van der Waals surface area (Å²) in [7, 11) is 1.66. The molecule has 0 fully saturated rings. The van der Waals surface area contributed by atoms with E-state index in [0.717, 1.165) is 48.3 Å². The first kappa shape index (κ1) is 22.9. The molecule has 0 saturated carbocycles. The van der Waals surface area contributed by atoms with Crippen LogP contribution in [0.25, 0.3) is 5.57 Å². The first-order chi connectivity index (χ1) is 13.0. The van der Waals surface area contributed by atoms with Crippen molar-refractivity contribution in [2.45, 2.75) is 52.2 Å². The lowest BCUT2D eigenvalue weighted by molar-refractivity contribution is 0.189. The lowest BCUT2D eigenvalue weighted by atomic mass is 9.92.